The lowest BCUT2D eigenvalue weighted by Gasteiger charge is -2.33. The summed E-state index contributed by atoms with van der Waals surface area (Å²) in [5.41, 5.74) is 21.8. The summed E-state index contributed by atoms with van der Waals surface area (Å²) in [6.07, 6.45) is 7.92. The van der Waals surface area contributed by atoms with Crippen molar-refractivity contribution in [3.63, 3.8) is 0 Å². The molecule has 0 N–H and O–H groups in total. The third-order valence-corrected chi connectivity index (χ3v) is 15.4. The first-order valence-corrected chi connectivity index (χ1v) is 28.2. The quantitative estimate of drug-likeness (QED) is 0.0956. The van der Waals surface area contributed by atoms with Crippen LogP contribution in [0.3, 0.4) is 0 Å². The average molecular weight is 1050 g/mol. The maximum Gasteiger partial charge on any atom is 0.0560 e. The van der Waals surface area contributed by atoms with E-state index in [2.05, 4.69) is 365 Å². The van der Waals surface area contributed by atoms with Gasteiger partial charge in [0.15, 0.2) is 0 Å². The Bertz CT molecular complexity index is 3980. The van der Waals surface area contributed by atoms with E-state index in [-0.39, 0.29) is 6.04 Å². The molecule has 0 saturated heterocycles. The number of rotatable bonds is 16. The van der Waals surface area contributed by atoms with Crippen LogP contribution in [0.15, 0.2) is 346 Å². The van der Waals surface area contributed by atoms with E-state index in [1.807, 2.05) is 0 Å². The summed E-state index contributed by atoms with van der Waals surface area (Å²) in [7, 11) is 0. The highest BCUT2D eigenvalue weighted by atomic mass is 15.2. The summed E-state index contributed by atoms with van der Waals surface area (Å²) in [5.74, 6) is 0. The van der Waals surface area contributed by atoms with Crippen molar-refractivity contribution in [2.75, 3.05) is 19.6 Å². The normalized spacial score (nSPS) is 12.7. The number of hydrogen-bond donors (Lipinski definition) is 0. The van der Waals surface area contributed by atoms with E-state index < -0.39 is 0 Å². The first-order chi connectivity index (χ1) is 40.7. The highest BCUT2D eigenvalue weighted by Gasteiger charge is 2.22. The van der Waals surface area contributed by atoms with Crippen molar-refractivity contribution >= 4 is 68.1 Å². The predicted molar refractivity (Wildman–Crippen MR) is 347 cm³/mol. The van der Waals surface area contributed by atoms with Crippen LogP contribution in [0, 0.1) is 0 Å². The molecule has 12 aromatic rings. The minimum absolute atomic E-state index is 0.146. The molecule has 0 radical (unpaired) electrons. The molecule has 392 valence electrons. The molecule has 0 fully saturated rings. The van der Waals surface area contributed by atoms with Gasteiger partial charge in [0.05, 0.1) is 6.04 Å². The molecule has 0 spiro atoms. The van der Waals surface area contributed by atoms with Crippen LogP contribution in [0.5, 0.6) is 0 Å². The van der Waals surface area contributed by atoms with Gasteiger partial charge in [-0.2, -0.15) is 0 Å². The van der Waals surface area contributed by atoms with Gasteiger partial charge < -0.3 is 19.6 Å². The Balaban J connectivity index is 0.709. The molecule has 82 heavy (non-hydrogen) atoms. The molecule has 0 aromatic heterocycles. The Morgan fingerprint density at radius 1 is 0.220 bits per heavy atom. The Labute approximate surface area is 482 Å². The highest BCUT2D eigenvalue weighted by Crippen LogP contribution is 2.41. The lowest BCUT2D eigenvalue weighted by Crippen LogP contribution is -2.30. The summed E-state index contributed by atoms with van der Waals surface area (Å²) >= 11 is 0. The molecular formula is C78H60N4. The zero-order valence-corrected chi connectivity index (χ0v) is 45.5. The number of hydrogen-bond acceptors (Lipinski definition) is 4. The van der Waals surface area contributed by atoms with E-state index in [0.717, 1.165) is 85.7 Å². The second-order valence-corrected chi connectivity index (χ2v) is 20.5. The van der Waals surface area contributed by atoms with Gasteiger partial charge in [0.1, 0.15) is 0 Å². The third kappa shape index (κ3) is 11.0. The molecular weight excluding hydrogens is 993 g/mol. The zero-order valence-electron chi connectivity index (χ0n) is 45.5. The highest BCUT2D eigenvalue weighted by molar-refractivity contribution is 5.84. The molecule has 13 rings (SSSR count). The summed E-state index contributed by atoms with van der Waals surface area (Å²) in [6.45, 7) is 0. The molecule has 4 heteroatoms. The van der Waals surface area contributed by atoms with Crippen LogP contribution < -0.4 is 19.6 Å². The minimum atomic E-state index is 0.146. The van der Waals surface area contributed by atoms with Gasteiger partial charge in [-0.15, -0.1) is 0 Å². The van der Waals surface area contributed by atoms with Gasteiger partial charge in [-0.25, -0.2) is 0 Å². The predicted octanol–water partition coefficient (Wildman–Crippen LogP) is 21.6. The summed E-state index contributed by atoms with van der Waals surface area (Å²) in [4.78, 5) is 9.39. The Hall–Kier alpha value is -10.7. The maximum atomic E-state index is 2.46. The fourth-order valence-corrected chi connectivity index (χ4v) is 11.3. The van der Waals surface area contributed by atoms with E-state index in [4.69, 9.17) is 0 Å². The van der Waals surface area contributed by atoms with E-state index in [9.17, 15) is 0 Å². The molecule has 12 aromatic carbocycles. The van der Waals surface area contributed by atoms with Crippen molar-refractivity contribution in [3.8, 4) is 33.4 Å². The summed E-state index contributed by atoms with van der Waals surface area (Å²) in [6, 6.07) is 117. The standard InChI is InChI=1S/C78H60N4/c1-7-22-67(23-8-1)79(68-24-9-2-10-25-68)73-46-34-59(35-47-73)61-38-50-75(51-39-61)81(71-30-15-5-16-31-71)77-54-42-63(43-55-77)65-20-19-21-66(58-65)64-44-56-78(57-45-64)82(72-32-17-6-18-33-72)76-52-40-62(41-53-76)60-36-48-74(49-37-60)80(69-26-11-3-12-27-69)70-28-13-4-14-29-70/h1-52,54-58,76H,53H2. The van der Waals surface area contributed by atoms with Crippen molar-refractivity contribution < 1.29 is 0 Å². The number of benzene rings is 12. The smallest absolute Gasteiger partial charge is 0.0560 e. The van der Waals surface area contributed by atoms with Crippen LogP contribution in [0.4, 0.5) is 62.6 Å². The van der Waals surface area contributed by atoms with Gasteiger partial charge in [-0.3, -0.25) is 0 Å². The Morgan fingerprint density at radius 2 is 0.476 bits per heavy atom. The second-order valence-electron chi connectivity index (χ2n) is 20.5. The van der Waals surface area contributed by atoms with Gasteiger partial charge in [0, 0.05) is 62.6 Å². The number of allylic oxidation sites excluding steroid dienone is 2. The lowest BCUT2D eigenvalue weighted by atomic mass is 9.95. The van der Waals surface area contributed by atoms with E-state index >= 15 is 0 Å². The zero-order chi connectivity index (χ0) is 54.9. The van der Waals surface area contributed by atoms with Crippen molar-refractivity contribution in [1.29, 1.82) is 0 Å². The average Bonchev–Trinajstić information content (AvgIpc) is 3.72. The summed E-state index contributed by atoms with van der Waals surface area (Å²) < 4.78 is 0. The van der Waals surface area contributed by atoms with Crippen molar-refractivity contribution in [3.05, 3.63) is 351 Å². The first-order valence-electron chi connectivity index (χ1n) is 28.2. The monoisotopic (exact) mass is 1050 g/mol. The topological polar surface area (TPSA) is 13.0 Å². The van der Waals surface area contributed by atoms with Crippen LogP contribution in [0.2, 0.25) is 0 Å². The van der Waals surface area contributed by atoms with Gasteiger partial charge in [-0.05, 0) is 190 Å². The maximum absolute atomic E-state index is 2.46. The Kier molecular flexibility index (Phi) is 14.7. The number of anilines is 11. The molecule has 1 aliphatic rings. The molecule has 0 aliphatic heterocycles. The first kappa shape index (κ1) is 50.8. The third-order valence-electron chi connectivity index (χ3n) is 15.4. The molecule has 0 amide bonds. The van der Waals surface area contributed by atoms with E-state index in [1.165, 1.54) is 27.8 Å². The van der Waals surface area contributed by atoms with Gasteiger partial charge in [0.2, 0.25) is 0 Å². The molecule has 0 bridgehead atoms. The molecule has 4 nitrogen and oxygen atoms in total. The molecule has 0 heterocycles. The fraction of sp³-hybridized carbons (Fsp3) is 0.0256. The minimum Gasteiger partial charge on any atom is -0.334 e. The number of nitrogens with zero attached hydrogens (tertiary/aromatic N) is 4. The van der Waals surface area contributed by atoms with Crippen molar-refractivity contribution in [1.82, 2.24) is 0 Å². The summed E-state index contributed by atoms with van der Waals surface area (Å²) in [5, 5.41) is 0. The second kappa shape index (κ2) is 23.7. The van der Waals surface area contributed by atoms with Crippen LogP contribution in [0.1, 0.15) is 12.0 Å². The largest absolute Gasteiger partial charge is 0.334 e. The molecule has 1 aliphatic carbocycles. The molecule has 0 saturated carbocycles. The Morgan fingerprint density at radius 3 is 0.780 bits per heavy atom. The van der Waals surface area contributed by atoms with Crippen LogP contribution in [-0.4, -0.2) is 6.04 Å². The van der Waals surface area contributed by atoms with E-state index in [1.54, 1.807) is 0 Å². The fourth-order valence-electron chi connectivity index (χ4n) is 11.3. The van der Waals surface area contributed by atoms with Gasteiger partial charge in [-0.1, -0.05) is 206 Å². The molecule has 1 unspecified atom stereocenters. The van der Waals surface area contributed by atoms with Gasteiger partial charge in [0.25, 0.3) is 0 Å². The molecule has 1 atom stereocenters. The van der Waals surface area contributed by atoms with E-state index in [0.29, 0.717) is 0 Å². The van der Waals surface area contributed by atoms with Crippen molar-refractivity contribution in [2.45, 2.75) is 12.5 Å². The van der Waals surface area contributed by atoms with Crippen molar-refractivity contribution in [2.24, 2.45) is 0 Å². The number of para-hydroxylation sites is 6. The lowest BCUT2D eigenvalue weighted by molar-refractivity contribution is 0.787. The SMILES string of the molecule is C1=CC(N(c2ccccc2)c2ccc(-c3cccc(-c4ccc(N(c5ccccc5)c5ccc(-c6ccc(N(c7ccccc7)c7ccccc7)cc6)cc5)cc4)c3)cc2)CC=C1c1ccc(N(c2ccccc2)c2ccccc2)cc1. The van der Waals surface area contributed by atoms with Gasteiger partial charge >= 0.3 is 0 Å². The van der Waals surface area contributed by atoms with Crippen LogP contribution >= 0.6 is 0 Å². The van der Waals surface area contributed by atoms with Crippen LogP contribution in [0.25, 0.3) is 39.0 Å². The van der Waals surface area contributed by atoms with Crippen LogP contribution in [-0.2, 0) is 0 Å².